The maximum atomic E-state index is 12.4. The van der Waals surface area contributed by atoms with Crippen molar-refractivity contribution in [3.63, 3.8) is 0 Å². The number of rotatable bonds is 7. The average Bonchev–Trinajstić information content (AvgIpc) is 2.87. The number of methoxy groups -OCH3 is 3. The molecule has 4 aromatic carbocycles. The molecule has 0 fully saturated rings. The third-order valence-electron chi connectivity index (χ3n) is 5.87. The van der Waals surface area contributed by atoms with E-state index in [1.54, 1.807) is 63.2 Å². The molecule has 0 aliphatic rings. The Bertz CT molecular complexity index is 1410. The third-order valence-corrected chi connectivity index (χ3v) is 5.87. The van der Waals surface area contributed by atoms with E-state index in [1.165, 1.54) is 0 Å². The monoisotopic (exact) mass is 460 g/mol. The first-order valence-corrected chi connectivity index (χ1v) is 10.4. The zero-order valence-corrected chi connectivity index (χ0v) is 19.0. The van der Waals surface area contributed by atoms with E-state index in [4.69, 9.17) is 25.2 Å². The van der Waals surface area contributed by atoms with Gasteiger partial charge < -0.3 is 19.9 Å². The Balaban J connectivity index is 2.02. The van der Waals surface area contributed by atoms with Crippen LogP contribution in [0.1, 0.15) is 31.8 Å². The van der Waals surface area contributed by atoms with Gasteiger partial charge in [-0.25, -0.2) is 5.48 Å². The molecule has 174 valence electrons. The predicted octanol–water partition coefficient (Wildman–Crippen LogP) is 3.83. The highest BCUT2D eigenvalue weighted by atomic mass is 16.5. The van der Waals surface area contributed by atoms with Crippen molar-refractivity contribution < 1.29 is 29.0 Å². The molecule has 4 aromatic rings. The molecule has 2 amide bonds. The van der Waals surface area contributed by atoms with Crippen molar-refractivity contribution in [1.82, 2.24) is 5.48 Å². The lowest BCUT2D eigenvalue weighted by atomic mass is 9.90. The number of carbonyl (C=O) groups is 2. The SMILES string of the molecule is COc1ccc2c(C(N)=O)cc3c(Cc4ccc(C(=O)NO)cc4)c(OC)c(OC)cc3c2c1. The minimum Gasteiger partial charge on any atom is -0.497 e. The fraction of sp³-hybridized carbons (Fsp3) is 0.154. The van der Waals surface area contributed by atoms with E-state index < -0.39 is 11.8 Å². The molecule has 0 saturated heterocycles. The minimum absolute atomic E-state index is 0.322. The molecule has 8 nitrogen and oxygen atoms in total. The maximum absolute atomic E-state index is 12.4. The van der Waals surface area contributed by atoms with Gasteiger partial charge in [-0.05, 0) is 69.6 Å². The molecule has 4 N–H and O–H groups in total. The van der Waals surface area contributed by atoms with Crippen LogP contribution in [0, 0.1) is 0 Å². The number of benzene rings is 4. The molecule has 0 saturated carbocycles. The molecule has 0 aliphatic carbocycles. The van der Waals surface area contributed by atoms with Crippen molar-refractivity contribution in [3.05, 3.63) is 76.9 Å². The standard InChI is InChI=1S/C26H24N2O6/c1-32-16-8-9-17-18(11-16)20-13-23(33-2)24(34-3)21(19(20)12-22(17)25(27)29)10-14-4-6-15(7-5-14)26(30)28-31/h4-9,11-13,31H,10H2,1-3H3,(H2,27,29)(H,28,30). The summed E-state index contributed by atoms with van der Waals surface area (Å²) >= 11 is 0. The van der Waals surface area contributed by atoms with Crippen LogP contribution in [0.15, 0.2) is 54.6 Å². The largest absolute Gasteiger partial charge is 0.497 e. The summed E-state index contributed by atoms with van der Waals surface area (Å²) in [4.78, 5) is 24.0. The first-order chi connectivity index (χ1) is 16.4. The molecule has 0 bridgehead atoms. The number of hydroxylamine groups is 1. The molecule has 0 unspecified atom stereocenters. The molecule has 0 radical (unpaired) electrons. The van der Waals surface area contributed by atoms with Crippen LogP contribution in [0.5, 0.6) is 17.2 Å². The average molecular weight is 460 g/mol. The van der Waals surface area contributed by atoms with E-state index in [9.17, 15) is 9.59 Å². The maximum Gasteiger partial charge on any atom is 0.274 e. The van der Waals surface area contributed by atoms with Gasteiger partial charge in [-0.1, -0.05) is 12.1 Å². The Hall–Kier alpha value is -4.30. The summed E-state index contributed by atoms with van der Waals surface area (Å²) in [6.45, 7) is 0. The van der Waals surface area contributed by atoms with Crippen molar-refractivity contribution in [2.45, 2.75) is 6.42 Å². The van der Waals surface area contributed by atoms with E-state index in [0.29, 0.717) is 40.2 Å². The van der Waals surface area contributed by atoms with Gasteiger partial charge in [-0.2, -0.15) is 0 Å². The highest BCUT2D eigenvalue weighted by molar-refractivity contribution is 6.18. The zero-order chi connectivity index (χ0) is 24.4. The zero-order valence-electron chi connectivity index (χ0n) is 19.0. The summed E-state index contributed by atoms with van der Waals surface area (Å²) in [6.07, 6.45) is 0.422. The first-order valence-electron chi connectivity index (χ1n) is 10.4. The number of carbonyl (C=O) groups excluding carboxylic acids is 2. The second-order valence-electron chi connectivity index (χ2n) is 7.70. The normalized spacial score (nSPS) is 10.8. The van der Waals surface area contributed by atoms with Gasteiger partial charge in [-0.3, -0.25) is 14.8 Å². The van der Waals surface area contributed by atoms with Gasteiger partial charge >= 0.3 is 0 Å². The molecule has 0 atom stereocenters. The lowest BCUT2D eigenvalue weighted by Gasteiger charge is -2.19. The van der Waals surface area contributed by atoms with Gasteiger partial charge in [-0.15, -0.1) is 0 Å². The highest BCUT2D eigenvalue weighted by Gasteiger charge is 2.20. The van der Waals surface area contributed by atoms with Crippen LogP contribution in [0.3, 0.4) is 0 Å². The minimum atomic E-state index is -0.595. The van der Waals surface area contributed by atoms with Crippen LogP contribution in [0.4, 0.5) is 0 Å². The van der Waals surface area contributed by atoms with Crippen molar-refractivity contribution in [2.24, 2.45) is 5.73 Å². The van der Waals surface area contributed by atoms with Gasteiger partial charge in [0.15, 0.2) is 11.5 Å². The molecular weight excluding hydrogens is 436 g/mol. The Morgan fingerprint density at radius 1 is 0.853 bits per heavy atom. The highest BCUT2D eigenvalue weighted by Crippen LogP contribution is 2.42. The van der Waals surface area contributed by atoms with Gasteiger partial charge in [0.2, 0.25) is 5.91 Å². The number of fused-ring (bicyclic) bond motifs is 3. The van der Waals surface area contributed by atoms with Crippen molar-refractivity contribution >= 4 is 33.4 Å². The van der Waals surface area contributed by atoms with Crippen molar-refractivity contribution in [2.75, 3.05) is 21.3 Å². The number of hydrogen-bond donors (Lipinski definition) is 3. The van der Waals surface area contributed by atoms with Gasteiger partial charge in [0.25, 0.3) is 5.91 Å². The fourth-order valence-corrected chi connectivity index (χ4v) is 4.22. The van der Waals surface area contributed by atoms with Crippen LogP contribution < -0.4 is 25.4 Å². The third kappa shape index (κ3) is 3.95. The van der Waals surface area contributed by atoms with Gasteiger partial charge in [0.1, 0.15) is 5.75 Å². The lowest BCUT2D eigenvalue weighted by molar-refractivity contribution is 0.0706. The Labute approximate surface area is 195 Å². The first kappa shape index (κ1) is 22.9. The summed E-state index contributed by atoms with van der Waals surface area (Å²) in [6, 6.07) is 15.9. The van der Waals surface area contributed by atoms with Gasteiger partial charge in [0.05, 0.1) is 21.3 Å². The number of amides is 2. The smallest absolute Gasteiger partial charge is 0.274 e. The molecular formula is C26H24N2O6. The molecule has 4 rings (SSSR count). The topological polar surface area (TPSA) is 120 Å². The molecule has 0 aromatic heterocycles. The summed E-state index contributed by atoms with van der Waals surface area (Å²) in [5, 5.41) is 12.0. The number of ether oxygens (including phenoxy) is 3. The summed E-state index contributed by atoms with van der Waals surface area (Å²) in [7, 11) is 4.70. The van der Waals surface area contributed by atoms with Crippen LogP contribution in [0.2, 0.25) is 0 Å². The lowest BCUT2D eigenvalue weighted by Crippen LogP contribution is -2.18. The molecule has 0 aliphatic heterocycles. The summed E-state index contributed by atoms with van der Waals surface area (Å²) in [5.74, 6) is 0.575. The second-order valence-corrected chi connectivity index (χ2v) is 7.70. The number of nitrogens with one attached hydrogen (secondary N) is 1. The van der Waals surface area contributed by atoms with Crippen LogP contribution in [-0.2, 0) is 6.42 Å². The fourth-order valence-electron chi connectivity index (χ4n) is 4.22. The van der Waals surface area contributed by atoms with E-state index in [-0.39, 0.29) is 0 Å². The van der Waals surface area contributed by atoms with Gasteiger partial charge in [0, 0.05) is 23.1 Å². The van der Waals surface area contributed by atoms with Crippen molar-refractivity contribution in [1.29, 1.82) is 0 Å². The van der Waals surface area contributed by atoms with Crippen LogP contribution in [-0.4, -0.2) is 38.4 Å². The van der Waals surface area contributed by atoms with Crippen LogP contribution >= 0.6 is 0 Å². The molecule has 34 heavy (non-hydrogen) atoms. The summed E-state index contributed by atoms with van der Waals surface area (Å²) < 4.78 is 16.8. The number of nitrogens with two attached hydrogens (primary N) is 1. The summed E-state index contributed by atoms with van der Waals surface area (Å²) in [5.41, 5.74) is 9.75. The van der Waals surface area contributed by atoms with E-state index >= 15 is 0 Å². The molecule has 0 heterocycles. The number of primary amides is 1. The predicted molar refractivity (Wildman–Crippen MR) is 128 cm³/mol. The Morgan fingerprint density at radius 2 is 1.56 bits per heavy atom. The second kappa shape index (κ2) is 9.29. The molecule has 8 heteroatoms. The quantitative estimate of drug-likeness (QED) is 0.219. The van der Waals surface area contributed by atoms with E-state index in [0.717, 1.165) is 27.3 Å². The van der Waals surface area contributed by atoms with Crippen LogP contribution in [0.25, 0.3) is 21.5 Å². The van der Waals surface area contributed by atoms with E-state index in [2.05, 4.69) is 0 Å². The van der Waals surface area contributed by atoms with Crippen molar-refractivity contribution in [3.8, 4) is 17.2 Å². The Kier molecular flexibility index (Phi) is 6.25. The van der Waals surface area contributed by atoms with E-state index in [1.807, 2.05) is 18.2 Å². The Morgan fingerprint density at radius 3 is 2.15 bits per heavy atom. The molecule has 0 spiro atoms. The number of hydrogen-bond acceptors (Lipinski definition) is 6.